The van der Waals surface area contributed by atoms with Crippen LogP contribution in [0.15, 0.2) is 54.9 Å². The predicted molar refractivity (Wildman–Crippen MR) is 147 cm³/mol. The van der Waals surface area contributed by atoms with Crippen molar-refractivity contribution < 1.29 is 40.4 Å². The fourth-order valence-electron chi connectivity index (χ4n) is 3.88. The highest BCUT2D eigenvalue weighted by atomic mass is 32.2. The highest BCUT2D eigenvalue weighted by molar-refractivity contribution is 7.85. The Kier molecular flexibility index (Phi) is 10.7. The standard InChI is InChI=1S/C22H14F5N5O3S.C5H10FN/c23-13-4-1-5-16(35-27)12(13)10-36(33)32-20-14(24)9-17(18(25)19(20)26)34-21-11(3-2-7-29-21)15-6-8-30-22(28)31-15;6-5-2-1-3-7-4-5/h1-9,32H,10H2,(H2,28,30,31);5,7H,1-4H2. The van der Waals surface area contributed by atoms with Gasteiger partial charge in [-0.15, -0.1) is 0 Å². The largest absolute Gasteiger partial charge is 0.435 e. The van der Waals surface area contributed by atoms with Gasteiger partial charge in [0.05, 0.1) is 17.0 Å². The summed E-state index contributed by atoms with van der Waals surface area (Å²) in [7, 11) is -2.41. The molecule has 1 fully saturated rings. The van der Waals surface area contributed by atoms with E-state index in [1.54, 1.807) is 0 Å². The molecule has 9 nitrogen and oxygen atoms in total. The highest BCUT2D eigenvalue weighted by Crippen LogP contribution is 2.36. The van der Waals surface area contributed by atoms with Crippen LogP contribution in [0.1, 0.15) is 18.4 Å². The fraction of sp³-hybridized carbons (Fsp3) is 0.222. The second kappa shape index (κ2) is 14.6. The molecule has 0 saturated carbocycles. The number of nitrogens with two attached hydrogens (primary N) is 1. The van der Waals surface area contributed by atoms with Crippen molar-refractivity contribution in [3.05, 3.63) is 83.7 Å². The first-order valence-electron chi connectivity index (χ1n) is 12.6. The topological polar surface area (TPSA) is 124 Å². The van der Waals surface area contributed by atoms with Gasteiger partial charge in [0.2, 0.25) is 17.6 Å². The summed E-state index contributed by atoms with van der Waals surface area (Å²) < 4.78 is 102. The van der Waals surface area contributed by atoms with Crippen molar-refractivity contribution in [1.82, 2.24) is 20.3 Å². The number of nitrogen functional groups attached to an aromatic ring is 1. The van der Waals surface area contributed by atoms with Gasteiger partial charge in [-0.3, -0.25) is 9.66 Å². The molecule has 16 heteroatoms. The van der Waals surface area contributed by atoms with Gasteiger partial charge in [0, 0.05) is 35.1 Å². The van der Waals surface area contributed by atoms with Gasteiger partial charge in [0.15, 0.2) is 23.1 Å². The Morgan fingerprint density at radius 2 is 1.84 bits per heavy atom. The molecule has 0 bridgehead atoms. The van der Waals surface area contributed by atoms with Gasteiger partial charge in [0.1, 0.15) is 28.7 Å². The smallest absolute Gasteiger partial charge is 0.228 e. The first-order valence-corrected chi connectivity index (χ1v) is 13.9. The SMILES string of the molecule is FC1CCCNC1.Nc1nccc(-c2cccnc2Oc2cc(F)c(NS(=O)Cc3c(F)cccc3OF)c(F)c2F)n1. The highest BCUT2D eigenvalue weighted by Gasteiger charge is 2.24. The number of nitrogens with one attached hydrogen (secondary N) is 2. The zero-order valence-electron chi connectivity index (χ0n) is 22.1. The van der Waals surface area contributed by atoms with Crippen LogP contribution in [-0.4, -0.2) is 38.4 Å². The van der Waals surface area contributed by atoms with Crippen molar-refractivity contribution in [2.24, 2.45) is 0 Å². The number of piperidine rings is 1. The molecular weight excluding hydrogens is 602 g/mol. The number of hydrogen-bond donors (Lipinski definition) is 3. The maximum atomic E-state index is 14.8. The van der Waals surface area contributed by atoms with Crippen molar-refractivity contribution in [1.29, 1.82) is 0 Å². The number of hydrogen-bond acceptors (Lipinski definition) is 8. The van der Waals surface area contributed by atoms with Gasteiger partial charge in [-0.2, -0.15) is 4.39 Å². The summed E-state index contributed by atoms with van der Waals surface area (Å²) in [5.41, 5.74) is 4.49. The monoisotopic (exact) mass is 626 g/mol. The second-order valence-corrected chi connectivity index (χ2v) is 10.1. The lowest BCUT2D eigenvalue weighted by atomic mass is 10.1. The van der Waals surface area contributed by atoms with Crippen LogP contribution in [0.2, 0.25) is 0 Å². The van der Waals surface area contributed by atoms with E-state index in [2.05, 4.69) is 25.2 Å². The summed E-state index contributed by atoms with van der Waals surface area (Å²) in [5, 5.41) is 2.96. The molecule has 2 atom stereocenters. The lowest BCUT2D eigenvalue weighted by molar-refractivity contribution is -0.00749. The second-order valence-electron chi connectivity index (χ2n) is 8.95. The van der Waals surface area contributed by atoms with Crippen molar-refractivity contribution in [2.45, 2.75) is 24.8 Å². The minimum Gasteiger partial charge on any atom is -0.435 e. The Hall–Kier alpha value is -4.44. The normalized spacial score (nSPS) is 15.2. The molecule has 0 radical (unpaired) electrons. The molecule has 2 aromatic heterocycles. The number of rotatable bonds is 8. The van der Waals surface area contributed by atoms with E-state index in [9.17, 15) is 30.7 Å². The van der Waals surface area contributed by atoms with Crippen molar-refractivity contribution in [2.75, 3.05) is 23.5 Å². The maximum absolute atomic E-state index is 14.8. The minimum absolute atomic E-state index is 0.0606. The molecular formula is C27H24F6N6O3S. The van der Waals surface area contributed by atoms with E-state index < -0.39 is 68.9 Å². The molecule has 1 aliphatic heterocycles. The zero-order valence-corrected chi connectivity index (χ0v) is 22.9. The Balaban J connectivity index is 0.000000530. The van der Waals surface area contributed by atoms with Crippen LogP contribution >= 0.6 is 0 Å². The molecule has 43 heavy (non-hydrogen) atoms. The van der Waals surface area contributed by atoms with Crippen molar-refractivity contribution in [3.8, 4) is 28.6 Å². The third-order valence-electron chi connectivity index (χ3n) is 5.94. The number of anilines is 2. The Morgan fingerprint density at radius 1 is 1.02 bits per heavy atom. The van der Waals surface area contributed by atoms with Crippen LogP contribution in [-0.2, 0) is 16.7 Å². The quantitative estimate of drug-likeness (QED) is 0.168. The van der Waals surface area contributed by atoms with E-state index in [1.807, 2.05) is 4.72 Å². The molecule has 0 amide bonds. The van der Waals surface area contributed by atoms with Crippen LogP contribution in [0.4, 0.5) is 38.1 Å². The van der Waals surface area contributed by atoms with E-state index in [0.717, 1.165) is 37.6 Å². The molecule has 2 aromatic carbocycles. The van der Waals surface area contributed by atoms with E-state index in [4.69, 9.17) is 10.5 Å². The summed E-state index contributed by atoms with van der Waals surface area (Å²) >= 11 is 0. The van der Waals surface area contributed by atoms with Gasteiger partial charge in [-0.05, 0) is 49.7 Å². The minimum atomic E-state index is -2.41. The summed E-state index contributed by atoms with van der Waals surface area (Å²) in [6.45, 7) is 1.57. The van der Waals surface area contributed by atoms with Crippen molar-refractivity contribution in [3.63, 3.8) is 0 Å². The average molecular weight is 627 g/mol. The molecule has 0 spiro atoms. The number of pyridine rings is 1. The molecule has 4 aromatic rings. The maximum Gasteiger partial charge on any atom is 0.228 e. The lowest BCUT2D eigenvalue weighted by Crippen LogP contribution is -2.30. The summed E-state index contributed by atoms with van der Waals surface area (Å²) in [5.74, 6) is -8.23. The summed E-state index contributed by atoms with van der Waals surface area (Å²) in [4.78, 5) is 15.2. The van der Waals surface area contributed by atoms with Gasteiger partial charge in [-0.1, -0.05) is 6.07 Å². The average Bonchev–Trinajstić information content (AvgIpc) is 3.00. The van der Waals surface area contributed by atoms with E-state index in [1.165, 1.54) is 30.6 Å². The van der Waals surface area contributed by atoms with Gasteiger partial charge < -0.3 is 15.8 Å². The number of nitrogens with zero attached hydrogens (tertiary/aromatic N) is 3. The van der Waals surface area contributed by atoms with E-state index in [-0.39, 0.29) is 23.1 Å². The third-order valence-corrected chi connectivity index (χ3v) is 6.92. The van der Waals surface area contributed by atoms with Crippen LogP contribution in [0.3, 0.4) is 0 Å². The first kappa shape index (κ1) is 31.5. The van der Waals surface area contributed by atoms with E-state index >= 15 is 0 Å². The van der Waals surface area contributed by atoms with E-state index in [0.29, 0.717) is 12.6 Å². The van der Waals surface area contributed by atoms with Crippen LogP contribution < -0.4 is 25.5 Å². The Labute approximate surface area is 244 Å². The molecule has 4 N–H and O–H groups in total. The van der Waals surface area contributed by atoms with Crippen LogP contribution in [0, 0.1) is 23.3 Å². The lowest BCUT2D eigenvalue weighted by Gasteiger charge is -2.14. The number of aromatic nitrogens is 3. The summed E-state index contributed by atoms with van der Waals surface area (Å²) in [6, 6.07) is 8.15. The van der Waals surface area contributed by atoms with Crippen LogP contribution in [0.5, 0.6) is 17.4 Å². The fourth-order valence-corrected chi connectivity index (χ4v) is 4.91. The van der Waals surface area contributed by atoms with Gasteiger partial charge in [-0.25, -0.2) is 36.7 Å². The summed E-state index contributed by atoms with van der Waals surface area (Å²) in [6.07, 6.45) is 3.84. The third kappa shape index (κ3) is 8.10. The number of benzene rings is 2. The van der Waals surface area contributed by atoms with Crippen LogP contribution in [0.25, 0.3) is 11.3 Å². The number of alkyl halides is 1. The Bertz CT molecular complexity index is 1600. The molecule has 0 aliphatic carbocycles. The van der Waals surface area contributed by atoms with Gasteiger partial charge >= 0.3 is 0 Å². The predicted octanol–water partition coefficient (Wildman–Crippen LogP) is 5.72. The molecule has 2 unspecified atom stereocenters. The molecule has 1 saturated heterocycles. The number of ether oxygens (including phenoxy) is 1. The van der Waals surface area contributed by atoms with Gasteiger partial charge in [0.25, 0.3) is 0 Å². The first-order chi connectivity index (χ1) is 20.7. The molecule has 228 valence electrons. The zero-order chi connectivity index (χ0) is 30.9. The van der Waals surface area contributed by atoms with Crippen molar-refractivity contribution >= 4 is 22.6 Å². The molecule has 3 heterocycles. The Morgan fingerprint density at radius 3 is 2.51 bits per heavy atom. The number of halogens is 6. The molecule has 1 aliphatic rings. The molecule has 5 rings (SSSR count).